The highest BCUT2D eigenvalue weighted by Crippen LogP contribution is 2.27. The van der Waals surface area contributed by atoms with Crippen LogP contribution in [0.25, 0.3) is 11.0 Å². The molecule has 7 heteroatoms. The van der Waals surface area contributed by atoms with Crippen molar-refractivity contribution in [1.29, 1.82) is 0 Å². The lowest BCUT2D eigenvalue weighted by Crippen LogP contribution is -2.41. The monoisotopic (exact) mass is 311 g/mol. The Morgan fingerprint density at radius 3 is 2.85 bits per heavy atom. The summed E-state index contributed by atoms with van der Waals surface area (Å²) in [4.78, 5) is 0.238. The molecule has 1 aliphatic rings. The Bertz CT molecular complexity index is 711. The van der Waals surface area contributed by atoms with Gasteiger partial charge in [0.25, 0.3) is 0 Å². The van der Waals surface area contributed by atoms with E-state index in [4.69, 9.17) is 0 Å². The van der Waals surface area contributed by atoms with Crippen molar-refractivity contribution < 1.29 is 8.42 Å². The largest absolute Gasteiger partial charge is 0.243 e. The van der Waals surface area contributed by atoms with Crippen LogP contribution in [-0.2, 0) is 10.0 Å². The van der Waals surface area contributed by atoms with Gasteiger partial charge < -0.3 is 0 Å². The van der Waals surface area contributed by atoms with Crippen molar-refractivity contribution in [3.8, 4) is 0 Å². The van der Waals surface area contributed by atoms with Gasteiger partial charge in [-0.25, -0.2) is 13.1 Å². The lowest BCUT2D eigenvalue weighted by atomic mass is 9.87. The molecule has 108 valence electrons. The Morgan fingerprint density at radius 2 is 2.05 bits per heavy atom. The second-order valence-electron chi connectivity index (χ2n) is 5.38. The summed E-state index contributed by atoms with van der Waals surface area (Å²) in [6, 6.07) is 5.11. The molecule has 1 aromatic heterocycles. The maximum Gasteiger partial charge on any atom is 0.243 e. The van der Waals surface area contributed by atoms with E-state index in [1.807, 2.05) is 0 Å². The fourth-order valence-corrected chi connectivity index (χ4v) is 4.90. The summed E-state index contributed by atoms with van der Waals surface area (Å²) in [5.41, 5.74) is 1.10. The smallest absolute Gasteiger partial charge is 0.208 e. The molecule has 5 nitrogen and oxygen atoms in total. The molecule has 1 fully saturated rings. The van der Waals surface area contributed by atoms with E-state index in [-0.39, 0.29) is 10.9 Å². The van der Waals surface area contributed by atoms with Crippen LogP contribution in [0.2, 0.25) is 0 Å². The number of nitrogens with one attached hydrogen (secondary N) is 1. The van der Waals surface area contributed by atoms with Crippen LogP contribution >= 0.6 is 11.7 Å². The molecule has 0 unspecified atom stereocenters. The van der Waals surface area contributed by atoms with Gasteiger partial charge in [-0.3, -0.25) is 0 Å². The minimum absolute atomic E-state index is 0.0237. The first kappa shape index (κ1) is 13.9. The van der Waals surface area contributed by atoms with Crippen molar-refractivity contribution in [1.82, 2.24) is 13.5 Å². The minimum Gasteiger partial charge on any atom is -0.208 e. The molecule has 20 heavy (non-hydrogen) atoms. The molecule has 3 rings (SSSR count). The summed E-state index contributed by atoms with van der Waals surface area (Å²) >= 11 is 1.04. The highest BCUT2D eigenvalue weighted by Gasteiger charge is 2.28. The maximum absolute atomic E-state index is 12.6. The van der Waals surface area contributed by atoms with Crippen molar-refractivity contribution in [3.05, 3.63) is 18.2 Å². The summed E-state index contributed by atoms with van der Waals surface area (Å²) in [7, 11) is -3.54. The van der Waals surface area contributed by atoms with Gasteiger partial charge in [-0.05, 0) is 30.9 Å². The number of hydrogen-bond acceptors (Lipinski definition) is 5. The highest BCUT2D eigenvalue weighted by atomic mass is 32.2. The Balaban J connectivity index is 1.93. The molecule has 0 amide bonds. The van der Waals surface area contributed by atoms with Gasteiger partial charge in [0.2, 0.25) is 10.0 Å². The van der Waals surface area contributed by atoms with E-state index in [0.717, 1.165) is 31.0 Å². The average molecular weight is 311 g/mol. The maximum atomic E-state index is 12.6. The van der Waals surface area contributed by atoms with E-state index in [0.29, 0.717) is 17.0 Å². The summed E-state index contributed by atoms with van der Waals surface area (Å²) in [6.07, 6.45) is 4.26. The molecule has 0 radical (unpaired) electrons. The molecule has 1 saturated carbocycles. The number of hydrogen-bond donors (Lipinski definition) is 1. The second kappa shape index (κ2) is 5.38. The van der Waals surface area contributed by atoms with Gasteiger partial charge in [0.1, 0.15) is 15.9 Å². The van der Waals surface area contributed by atoms with Gasteiger partial charge in [0, 0.05) is 6.04 Å². The summed E-state index contributed by atoms with van der Waals surface area (Å²) < 4.78 is 36.2. The number of rotatable bonds is 3. The molecular formula is C13H17N3O2S2. The van der Waals surface area contributed by atoms with Crippen LogP contribution in [0.3, 0.4) is 0 Å². The molecule has 1 heterocycles. The van der Waals surface area contributed by atoms with Gasteiger partial charge in [-0.15, -0.1) is 0 Å². The van der Waals surface area contributed by atoms with E-state index in [9.17, 15) is 8.42 Å². The fourth-order valence-electron chi connectivity index (χ4n) is 2.75. The molecule has 1 N–H and O–H groups in total. The van der Waals surface area contributed by atoms with Crippen LogP contribution in [0.15, 0.2) is 23.1 Å². The van der Waals surface area contributed by atoms with E-state index in [1.165, 1.54) is 6.42 Å². The Morgan fingerprint density at radius 1 is 1.25 bits per heavy atom. The highest BCUT2D eigenvalue weighted by molar-refractivity contribution is 7.89. The topological polar surface area (TPSA) is 72.0 Å². The third-order valence-corrected chi connectivity index (χ3v) is 6.02. The van der Waals surface area contributed by atoms with Crippen molar-refractivity contribution in [2.24, 2.45) is 5.92 Å². The number of aromatic nitrogens is 2. The molecule has 2 atom stereocenters. The zero-order valence-electron chi connectivity index (χ0n) is 11.2. The minimum atomic E-state index is -3.54. The van der Waals surface area contributed by atoms with Crippen LogP contribution in [0, 0.1) is 5.92 Å². The SMILES string of the molecule is C[C@H]1CCCC[C@H]1NS(=O)(=O)c1cccc2nsnc12. The standard InChI is InChI=1S/C13H17N3O2S2/c1-9-5-2-3-6-10(9)16-20(17,18)12-8-4-7-11-13(12)15-19-14-11/h4,7-10,16H,2-3,5-6H2,1H3/t9-,10+/m0/s1. The summed E-state index contributed by atoms with van der Waals surface area (Å²) in [6.45, 7) is 2.11. The summed E-state index contributed by atoms with van der Waals surface area (Å²) in [5, 5.41) is 0. The van der Waals surface area contributed by atoms with Crippen molar-refractivity contribution in [3.63, 3.8) is 0 Å². The zero-order valence-corrected chi connectivity index (χ0v) is 12.9. The molecule has 0 aliphatic heterocycles. The van der Waals surface area contributed by atoms with Crippen molar-refractivity contribution in [2.45, 2.75) is 43.5 Å². The van der Waals surface area contributed by atoms with Crippen LogP contribution < -0.4 is 4.72 Å². The van der Waals surface area contributed by atoms with Crippen LogP contribution in [0.4, 0.5) is 0 Å². The molecule has 2 aromatic rings. The second-order valence-corrected chi connectivity index (χ2v) is 7.59. The van der Waals surface area contributed by atoms with E-state index in [2.05, 4.69) is 20.4 Å². The normalized spacial score (nSPS) is 24.1. The van der Waals surface area contributed by atoms with E-state index >= 15 is 0 Å². The predicted molar refractivity (Wildman–Crippen MR) is 79.2 cm³/mol. The van der Waals surface area contributed by atoms with E-state index in [1.54, 1.807) is 18.2 Å². The zero-order chi connectivity index (χ0) is 14.2. The fraction of sp³-hybridized carbons (Fsp3) is 0.538. The van der Waals surface area contributed by atoms with Gasteiger partial charge in [-0.1, -0.05) is 25.8 Å². The Kier molecular flexibility index (Phi) is 3.74. The van der Waals surface area contributed by atoms with Gasteiger partial charge in [0.05, 0.1) is 11.7 Å². The van der Waals surface area contributed by atoms with Crippen LogP contribution in [0.5, 0.6) is 0 Å². The van der Waals surface area contributed by atoms with Gasteiger partial charge >= 0.3 is 0 Å². The summed E-state index contributed by atoms with van der Waals surface area (Å²) in [5.74, 6) is 0.381. The first-order valence-corrected chi connectivity index (χ1v) is 9.03. The van der Waals surface area contributed by atoms with Crippen molar-refractivity contribution >= 4 is 32.8 Å². The predicted octanol–water partition coefficient (Wildman–Crippen LogP) is 2.55. The molecule has 0 spiro atoms. The average Bonchev–Trinajstić information content (AvgIpc) is 2.89. The lowest BCUT2D eigenvalue weighted by Gasteiger charge is -2.29. The first-order valence-electron chi connectivity index (χ1n) is 6.81. The molecule has 1 aliphatic carbocycles. The lowest BCUT2D eigenvalue weighted by molar-refractivity contribution is 0.310. The molecule has 0 bridgehead atoms. The number of sulfonamides is 1. The van der Waals surface area contributed by atoms with Gasteiger partial charge in [-0.2, -0.15) is 8.75 Å². The first-order chi connectivity index (χ1) is 9.58. The quantitative estimate of drug-likeness (QED) is 0.945. The van der Waals surface area contributed by atoms with Crippen molar-refractivity contribution in [2.75, 3.05) is 0 Å². The van der Waals surface area contributed by atoms with E-state index < -0.39 is 10.0 Å². The molecule has 0 saturated heterocycles. The Hall–Kier alpha value is -1.05. The number of benzene rings is 1. The molecule has 1 aromatic carbocycles. The Labute approximate surface area is 122 Å². The number of nitrogens with zero attached hydrogens (tertiary/aromatic N) is 2. The third-order valence-electron chi connectivity index (χ3n) is 3.96. The van der Waals surface area contributed by atoms with Crippen LogP contribution in [-0.4, -0.2) is 23.2 Å². The third kappa shape index (κ3) is 2.57. The van der Waals surface area contributed by atoms with Gasteiger partial charge in [0.15, 0.2) is 0 Å². The molecular weight excluding hydrogens is 294 g/mol. The number of fused-ring (bicyclic) bond motifs is 1. The van der Waals surface area contributed by atoms with Crippen LogP contribution in [0.1, 0.15) is 32.6 Å².